The fourth-order valence-corrected chi connectivity index (χ4v) is 6.09. The van der Waals surface area contributed by atoms with E-state index in [0.29, 0.717) is 0 Å². The molecule has 17 heteroatoms. The van der Waals surface area contributed by atoms with Crippen molar-refractivity contribution in [2.24, 2.45) is 0 Å². The summed E-state index contributed by atoms with van der Waals surface area (Å²) in [5.74, 6) is -3.35. The molecule has 60 heavy (non-hydrogen) atoms. The predicted molar refractivity (Wildman–Crippen MR) is 211 cm³/mol. The Hall–Kier alpha value is -7.50. The number of non-ortho nitro benzene ring substituents is 1. The summed E-state index contributed by atoms with van der Waals surface area (Å²) in [6, 6.07) is 34.9. The van der Waals surface area contributed by atoms with Gasteiger partial charge in [0.1, 0.15) is 18.4 Å². The maximum Gasteiger partial charge on any atom is 0.338 e. The van der Waals surface area contributed by atoms with Gasteiger partial charge in [-0.05, 0) is 61.0 Å². The molecule has 5 aromatic rings. The highest BCUT2D eigenvalue weighted by Crippen LogP contribution is 2.33. The quantitative estimate of drug-likeness (QED) is 0.0344. The third-order valence-corrected chi connectivity index (χ3v) is 9.04. The largest absolute Gasteiger partial charge is 0.459 e. The zero-order chi connectivity index (χ0) is 42.4. The number of hydrogen-bond donors (Lipinski definition) is 1. The molecule has 1 saturated heterocycles. The summed E-state index contributed by atoms with van der Waals surface area (Å²) in [6.07, 6.45) is -7.58. The Labute approximate surface area is 342 Å². The van der Waals surface area contributed by atoms with Crippen molar-refractivity contribution in [1.82, 2.24) is 0 Å². The summed E-state index contributed by atoms with van der Waals surface area (Å²) in [4.78, 5) is 75.7. The van der Waals surface area contributed by atoms with Gasteiger partial charge in [-0.2, -0.15) is 0 Å². The van der Waals surface area contributed by atoms with E-state index in [1.54, 1.807) is 72.8 Å². The van der Waals surface area contributed by atoms with Gasteiger partial charge < -0.3 is 33.7 Å². The molecule has 5 aromatic carbocycles. The first-order valence-corrected chi connectivity index (χ1v) is 18.5. The van der Waals surface area contributed by atoms with E-state index in [2.05, 4.69) is 5.32 Å². The first-order chi connectivity index (χ1) is 29.1. The maximum atomic E-state index is 13.8. The van der Waals surface area contributed by atoms with Crippen molar-refractivity contribution >= 4 is 40.9 Å². The van der Waals surface area contributed by atoms with E-state index in [1.807, 2.05) is 0 Å². The van der Waals surface area contributed by atoms with Crippen molar-refractivity contribution in [2.75, 3.05) is 25.1 Å². The summed E-state index contributed by atoms with van der Waals surface area (Å²) in [7, 11) is 0. The van der Waals surface area contributed by atoms with Crippen LogP contribution in [0.25, 0.3) is 0 Å². The fraction of sp³-hybridized carbons (Fsp3) is 0.209. The molecule has 6 rings (SSSR count). The minimum Gasteiger partial charge on any atom is -0.459 e. The molecule has 1 N–H and O–H groups in total. The minimum absolute atomic E-state index is 0.0189. The average molecular weight is 820 g/mol. The lowest BCUT2D eigenvalue weighted by molar-refractivity contribution is -0.393. The molecule has 0 bridgehead atoms. The van der Waals surface area contributed by atoms with Crippen LogP contribution in [0.5, 0.6) is 0 Å². The Bertz CT molecular complexity index is 2280. The van der Waals surface area contributed by atoms with Crippen LogP contribution in [-0.4, -0.2) is 84.2 Å². The number of rotatable bonds is 17. The maximum absolute atomic E-state index is 13.8. The van der Waals surface area contributed by atoms with Crippen molar-refractivity contribution in [3.05, 3.63) is 182 Å². The zero-order valence-corrected chi connectivity index (χ0v) is 31.6. The monoisotopic (exact) mass is 819 g/mol. The molecular weight excluding hydrogens is 782 g/mol. The van der Waals surface area contributed by atoms with Gasteiger partial charge in [0, 0.05) is 12.6 Å². The van der Waals surface area contributed by atoms with E-state index in [0.717, 1.165) is 12.1 Å². The minimum atomic E-state index is -1.63. The van der Waals surface area contributed by atoms with E-state index in [4.69, 9.17) is 28.4 Å². The Morgan fingerprint density at radius 1 is 0.583 bits per heavy atom. The Kier molecular flexibility index (Phi) is 14.2. The van der Waals surface area contributed by atoms with Crippen molar-refractivity contribution in [3.63, 3.8) is 0 Å². The van der Waals surface area contributed by atoms with Gasteiger partial charge >= 0.3 is 23.9 Å². The van der Waals surface area contributed by atoms with Gasteiger partial charge in [-0.15, -0.1) is 0 Å². The van der Waals surface area contributed by atoms with E-state index in [9.17, 15) is 39.4 Å². The van der Waals surface area contributed by atoms with Gasteiger partial charge in [-0.1, -0.05) is 72.8 Å². The number of ether oxygens (including phenoxy) is 6. The molecule has 17 nitrogen and oxygen atoms in total. The molecule has 0 radical (unpaired) electrons. The van der Waals surface area contributed by atoms with E-state index in [-0.39, 0.29) is 47.5 Å². The summed E-state index contributed by atoms with van der Waals surface area (Å²) in [5.41, 5.74) is -0.383. The summed E-state index contributed by atoms with van der Waals surface area (Å²) < 4.78 is 36.1. The number of benzene rings is 5. The number of nitro groups is 2. The molecule has 0 amide bonds. The number of nitrogens with one attached hydrogen (secondary N) is 1. The number of anilines is 1. The van der Waals surface area contributed by atoms with Gasteiger partial charge in [0.2, 0.25) is 0 Å². The highest BCUT2D eigenvalue weighted by molar-refractivity contribution is 5.91. The van der Waals surface area contributed by atoms with Gasteiger partial charge in [0.05, 0.1) is 44.8 Å². The highest BCUT2D eigenvalue weighted by atomic mass is 16.7. The first kappa shape index (κ1) is 42.1. The molecule has 308 valence electrons. The van der Waals surface area contributed by atoms with Gasteiger partial charge in [-0.25, -0.2) is 19.2 Å². The number of carbonyl (C=O) groups is 4. The molecule has 0 saturated carbocycles. The number of nitrogens with zero attached hydrogens (tertiary/aromatic N) is 2. The SMILES string of the molecule is O=C(OC[C@H]1O[C@@H](OCCCNc2ccc([N+](=O)[O-])cc2[N+](=O)[O-])[C@H](OC(=O)c2ccccc2)[C@@H](OC(=O)c2ccccc2)[C@@H]1OC(=O)c1ccccc1)c1ccccc1. The molecule has 1 heterocycles. The molecule has 1 aliphatic rings. The summed E-state index contributed by atoms with van der Waals surface area (Å²) in [5, 5.41) is 25.7. The van der Waals surface area contributed by atoms with Gasteiger partial charge in [0.15, 0.2) is 24.6 Å². The van der Waals surface area contributed by atoms with Crippen molar-refractivity contribution < 1.29 is 57.4 Å². The molecule has 1 aliphatic heterocycles. The summed E-state index contributed by atoms with van der Waals surface area (Å²) >= 11 is 0. The second kappa shape index (κ2) is 20.3. The van der Waals surface area contributed by atoms with Crippen LogP contribution in [-0.2, 0) is 28.4 Å². The van der Waals surface area contributed by atoms with Crippen LogP contribution in [0.3, 0.4) is 0 Å². The molecular formula is C43H37N3O14. The topological polar surface area (TPSA) is 222 Å². The summed E-state index contributed by atoms with van der Waals surface area (Å²) in [6.45, 7) is -0.658. The van der Waals surface area contributed by atoms with Gasteiger partial charge in [0.25, 0.3) is 11.4 Å². The standard InChI is InChI=1S/C43H37N3O14/c47-39(28-14-5-1-6-15-28)56-27-35-36(58-40(48)29-16-7-2-8-17-29)37(59-41(49)30-18-9-3-10-19-30)38(60-42(50)31-20-11-4-12-21-31)43(57-35)55-25-13-24-44-33-23-22-32(45(51)52)26-34(33)46(53)54/h1-12,14-23,26,35-38,43-44H,13,24-25,27H2/t35-,36-,37+,38-,43-/m1/s1. The smallest absolute Gasteiger partial charge is 0.338 e. The molecule has 0 spiro atoms. The van der Waals surface area contributed by atoms with Crippen molar-refractivity contribution in [2.45, 2.75) is 37.1 Å². The zero-order valence-electron chi connectivity index (χ0n) is 31.6. The molecule has 5 atom stereocenters. The van der Waals surface area contributed by atoms with Crippen LogP contribution >= 0.6 is 0 Å². The lowest BCUT2D eigenvalue weighted by Crippen LogP contribution is -2.63. The Morgan fingerprint density at radius 3 is 1.53 bits per heavy atom. The second-order valence-corrected chi connectivity index (χ2v) is 13.1. The Balaban J connectivity index is 1.32. The van der Waals surface area contributed by atoms with Gasteiger partial charge in [-0.3, -0.25) is 20.2 Å². The molecule has 0 aliphatic carbocycles. The number of hydrogen-bond acceptors (Lipinski definition) is 15. The number of carbonyl (C=O) groups excluding carboxylic acids is 4. The Morgan fingerprint density at radius 2 is 1.05 bits per heavy atom. The third kappa shape index (κ3) is 10.9. The number of esters is 4. The third-order valence-electron chi connectivity index (χ3n) is 9.04. The molecule has 0 aromatic heterocycles. The predicted octanol–water partition coefficient (Wildman–Crippen LogP) is 6.58. The van der Waals surface area contributed by atoms with Crippen LogP contribution < -0.4 is 5.32 Å². The van der Waals surface area contributed by atoms with Crippen LogP contribution in [0.2, 0.25) is 0 Å². The van der Waals surface area contributed by atoms with Crippen LogP contribution in [0.15, 0.2) is 140 Å². The first-order valence-electron chi connectivity index (χ1n) is 18.5. The van der Waals surface area contributed by atoms with E-state index >= 15 is 0 Å². The van der Waals surface area contributed by atoms with Crippen LogP contribution in [0.1, 0.15) is 47.9 Å². The van der Waals surface area contributed by atoms with E-state index in [1.165, 1.54) is 54.6 Å². The number of nitro benzene ring substituents is 2. The highest BCUT2D eigenvalue weighted by Gasteiger charge is 2.53. The van der Waals surface area contributed by atoms with Crippen LogP contribution in [0, 0.1) is 20.2 Å². The lowest BCUT2D eigenvalue weighted by Gasteiger charge is -2.44. The molecule has 1 fully saturated rings. The molecule has 0 unspecified atom stereocenters. The fourth-order valence-electron chi connectivity index (χ4n) is 6.09. The van der Waals surface area contributed by atoms with Crippen molar-refractivity contribution in [1.29, 1.82) is 0 Å². The second-order valence-electron chi connectivity index (χ2n) is 13.1. The van der Waals surface area contributed by atoms with Crippen LogP contribution in [0.4, 0.5) is 17.1 Å². The lowest BCUT2D eigenvalue weighted by atomic mass is 9.97. The average Bonchev–Trinajstić information content (AvgIpc) is 3.28. The van der Waals surface area contributed by atoms with Crippen molar-refractivity contribution in [3.8, 4) is 0 Å². The normalized spacial score (nSPS) is 18.3. The van der Waals surface area contributed by atoms with E-state index < -0.39 is 82.4 Å².